The largest absolute Gasteiger partial charge is 0.394 e. The van der Waals surface area contributed by atoms with E-state index in [1.54, 1.807) is 18.5 Å². The Bertz CT molecular complexity index is 842. The number of nitrogens with zero attached hydrogens (tertiary/aromatic N) is 2. The first-order valence-electron chi connectivity index (χ1n) is 8.37. The van der Waals surface area contributed by atoms with Crippen LogP contribution in [0.4, 0.5) is 0 Å². The number of rotatable bonds is 5. The van der Waals surface area contributed by atoms with E-state index < -0.39 is 0 Å². The molecule has 3 N–H and O–H groups in total. The van der Waals surface area contributed by atoms with Crippen LogP contribution in [-0.4, -0.2) is 34.6 Å². The van der Waals surface area contributed by atoms with Crippen LogP contribution in [0.3, 0.4) is 0 Å². The van der Waals surface area contributed by atoms with Gasteiger partial charge in [-0.15, -0.1) is 0 Å². The number of aliphatic imine (C=N–C) groups is 1. The van der Waals surface area contributed by atoms with Crippen LogP contribution in [-0.2, 0) is 4.79 Å². The molecule has 1 saturated heterocycles. The van der Waals surface area contributed by atoms with Gasteiger partial charge in [-0.25, -0.2) is 4.99 Å². The lowest BCUT2D eigenvalue weighted by atomic mass is 10.1. The standard InChI is InChI=1S/C19H22N4O2/c1-12(2)7-16(11-24)21-19-22-17(18(25)23-19)9-13-3-4-15-10-20-6-5-14(15)8-13/h3-6,8-10,12,16,24H,7,11H2,1-2H3,(H2,21,22,23,25)/b17-9-. The van der Waals surface area contributed by atoms with Gasteiger partial charge in [0.05, 0.1) is 12.6 Å². The summed E-state index contributed by atoms with van der Waals surface area (Å²) in [5, 5.41) is 17.3. The lowest BCUT2D eigenvalue weighted by molar-refractivity contribution is -0.115. The number of fused-ring (bicyclic) bond motifs is 1. The number of hydrogen-bond acceptors (Lipinski definition) is 4. The van der Waals surface area contributed by atoms with Crippen molar-refractivity contribution in [3.8, 4) is 0 Å². The molecule has 25 heavy (non-hydrogen) atoms. The van der Waals surface area contributed by atoms with E-state index in [2.05, 4.69) is 34.5 Å². The fourth-order valence-electron chi connectivity index (χ4n) is 2.81. The van der Waals surface area contributed by atoms with Crippen LogP contribution in [0.15, 0.2) is 47.3 Å². The molecule has 1 aromatic carbocycles. The highest BCUT2D eigenvalue weighted by Gasteiger charge is 2.23. The maximum Gasteiger partial charge on any atom is 0.274 e. The summed E-state index contributed by atoms with van der Waals surface area (Å²) in [4.78, 5) is 20.6. The van der Waals surface area contributed by atoms with Crippen molar-refractivity contribution >= 4 is 28.7 Å². The number of hydrogen-bond donors (Lipinski definition) is 3. The molecule has 1 aliphatic heterocycles. The van der Waals surface area contributed by atoms with Crippen molar-refractivity contribution in [2.24, 2.45) is 10.9 Å². The molecule has 1 aliphatic rings. The predicted molar refractivity (Wildman–Crippen MR) is 98.8 cm³/mol. The number of nitrogens with one attached hydrogen (secondary N) is 2. The summed E-state index contributed by atoms with van der Waals surface area (Å²) in [6, 6.07) is 7.63. The van der Waals surface area contributed by atoms with Crippen molar-refractivity contribution in [3.63, 3.8) is 0 Å². The van der Waals surface area contributed by atoms with Crippen molar-refractivity contribution in [1.82, 2.24) is 15.6 Å². The van der Waals surface area contributed by atoms with E-state index in [9.17, 15) is 9.90 Å². The third-order valence-electron chi connectivity index (χ3n) is 3.97. The van der Waals surface area contributed by atoms with E-state index in [-0.39, 0.29) is 18.6 Å². The van der Waals surface area contributed by atoms with Crippen LogP contribution in [0.1, 0.15) is 25.8 Å². The molecule has 2 heterocycles. The Labute approximate surface area is 146 Å². The van der Waals surface area contributed by atoms with E-state index in [1.165, 1.54) is 0 Å². The normalized spacial score (nSPS) is 18.8. The molecule has 6 nitrogen and oxygen atoms in total. The Balaban J connectivity index is 1.80. The van der Waals surface area contributed by atoms with Crippen molar-refractivity contribution in [3.05, 3.63) is 47.9 Å². The number of aromatic nitrogens is 1. The molecule has 1 aromatic heterocycles. The second-order valence-corrected chi connectivity index (χ2v) is 6.56. The number of carbonyl (C=O) groups is 1. The number of aliphatic hydroxyl groups excluding tert-OH is 1. The predicted octanol–water partition coefficient (Wildman–Crippen LogP) is 2.06. The second kappa shape index (κ2) is 7.44. The lowest BCUT2D eigenvalue weighted by Gasteiger charge is -2.12. The number of pyridine rings is 1. The molecule has 130 valence electrons. The zero-order valence-electron chi connectivity index (χ0n) is 14.4. The maximum absolute atomic E-state index is 12.1. The van der Waals surface area contributed by atoms with Crippen molar-refractivity contribution in [2.75, 3.05) is 6.61 Å². The SMILES string of the molecule is CC(C)CC(CO)N=C1NC(=O)/C(=C/c2ccc3cnccc3c2)N1. The Hall–Kier alpha value is -2.73. The van der Waals surface area contributed by atoms with Crippen LogP contribution in [0, 0.1) is 5.92 Å². The van der Waals surface area contributed by atoms with E-state index in [0.717, 1.165) is 22.8 Å². The molecule has 0 saturated carbocycles. The van der Waals surface area contributed by atoms with Gasteiger partial charge in [0, 0.05) is 17.8 Å². The molecular weight excluding hydrogens is 316 g/mol. The van der Waals surface area contributed by atoms with Crippen molar-refractivity contribution in [2.45, 2.75) is 26.3 Å². The Kier molecular flexibility index (Phi) is 5.09. The van der Waals surface area contributed by atoms with Crippen LogP contribution >= 0.6 is 0 Å². The van der Waals surface area contributed by atoms with Crippen LogP contribution in [0.2, 0.25) is 0 Å². The first kappa shape index (κ1) is 17.1. The summed E-state index contributed by atoms with van der Waals surface area (Å²) < 4.78 is 0. The van der Waals surface area contributed by atoms with Crippen LogP contribution in [0.5, 0.6) is 0 Å². The minimum absolute atomic E-state index is 0.0447. The zero-order valence-corrected chi connectivity index (χ0v) is 14.4. The minimum atomic E-state index is -0.227. The number of amides is 1. The maximum atomic E-state index is 12.1. The Morgan fingerprint density at radius 3 is 2.84 bits per heavy atom. The molecule has 0 spiro atoms. The highest BCUT2D eigenvalue weighted by atomic mass is 16.3. The third-order valence-corrected chi connectivity index (χ3v) is 3.97. The molecule has 1 fully saturated rings. The third kappa shape index (κ3) is 4.22. The van der Waals surface area contributed by atoms with Gasteiger partial charge in [0.1, 0.15) is 5.70 Å². The molecule has 2 aromatic rings. The summed E-state index contributed by atoms with van der Waals surface area (Å²) in [5.41, 5.74) is 1.35. The van der Waals surface area contributed by atoms with E-state index >= 15 is 0 Å². The molecular formula is C19H22N4O2. The minimum Gasteiger partial charge on any atom is -0.394 e. The van der Waals surface area contributed by atoms with Gasteiger partial charge in [-0.1, -0.05) is 26.0 Å². The number of guanidine groups is 1. The molecule has 1 atom stereocenters. The summed E-state index contributed by atoms with van der Waals surface area (Å²) >= 11 is 0. The van der Waals surface area contributed by atoms with Crippen molar-refractivity contribution < 1.29 is 9.90 Å². The summed E-state index contributed by atoms with van der Waals surface area (Å²) in [5.74, 6) is 0.580. The van der Waals surface area contributed by atoms with Gasteiger partial charge in [0.15, 0.2) is 0 Å². The summed E-state index contributed by atoms with van der Waals surface area (Å²) in [7, 11) is 0. The molecule has 3 rings (SSSR count). The van der Waals surface area contributed by atoms with Gasteiger partial charge in [-0.3, -0.25) is 15.1 Å². The summed E-state index contributed by atoms with van der Waals surface area (Å²) in [6.45, 7) is 4.10. The van der Waals surface area contributed by atoms with Gasteiger partial charge in [0.25, 0.3) is 5.91 Å². The van der Waals surface area contributed by atoms with Crippen LogP contribution < -0.4 is 10.6 Å². The molecule has 0 bridgehead atoms. The van der Waals surface area contributed by atoms with Gasteiger partial charge in [0.2, 0.25) is 5.96 Å². The van der Waals surface area contributed by atoms with Crippen LogP contribution in [0.25, 0.3) is 16.8 Å². The molecule has 1 unspecified atom stereocenters. The van der Waals surface area contributed by atoms with E-state index in [0.29, 0.717) is 17.6 Å². The molecule has 1 amide bonds. The van der Waals surface area contributed by atoms with Gasteiger partial charge in [-0.2, -0.15) is 0 Å². The first-order valence-corrected chi connectivity index (χ1v) is 8.37. The molecule has 0 radical (unpaired) electrons. The lowest BCUT2D eigenvalue weighted by Crippen LogP contribution is -2.28. The number of aliphatic hydroxyl groups is 1. The summed E-state index contributed by atoms with van der Waals surface area (Å²) in [6.07, 6.45) is 6.10. The number of carbonyl (C=O) groups excluding carboxylic acids is 1. The van der Waals surface area contributed by atoms with E-state index in [1.807, 2.05) is 24.3 Å². The first-order chi connectivity index (χ1) is 12.0. The fourth-order valence-corrected chi connectivity index (χ4v) is 2.81. The quantitative estimate of drug-likeness (QED) is 0.728. The Morgan fingerprint density at radius 1 is 1.24 bits per heavy atom. The second-order valence-electron chi connectivity index (χ2n) is 6.56. The molecule has 0 aliphatic carbocycles. The topological polar surface area (TPSA) is 86.6 Å². The van der Waals surface area contributed by atoms with Gasteiger partial charge < -0.3 is 10.4 Å². The van der Waals surface area contributed by atoms with Gasteiger partial charge in [-0.05, 0) is 41.5 Å². The van der Waals surface area contributed by atoms with Gasteiger partial charge >= 0.3 is 0 Å². The van der Waals surface area contributed by atoms with E-state index in [4.69, 9.17) is 0 Å². The molecule has 6 heteroatoms. The fraction of sp³-hybridized carbons (Fsp3) is 0.316. The number of benzene rings is 1. The smallest absolute Gasteiger partial charge is 0.274 e. The average Bonchev–Trinajstić information content (AvgIpc) is 2.93. The highest BCUT2D eigenvalue weighted by molar-refractivity contribution is 6.15. The Morgan fingerprint density at radius 2 is 2.08 bits per heavy atom. The average molecular weight is 338 g/mol. The highest BCUT2D eigenvalue weighted by Crippen LogP contribution is 2.17. The monoisotopic (exact) mass is 338 g/mol. The van der Waals surface area contributed by atoms with Crippen molar-refractivity contribution in [1.29, 1.82) is 0 Å². The zero-order chi connectivity index (χ0) is 17.8.